The summed E-state index contributed by atoms with van der Waals surface area (Å²) >= 11 is 1.61. The third-order valence-corrected chi connectivity index (χ3v) is 1.33. The molecule has 0 atom stereocenters. The number of nitrogens with one attached hydrogen (secondary N) is 1. The molecular formula is C3H7ClN2S. The van der Waals surface area contributed by atoms with Crippen LogP contribution in [0.25, 0.3) is 0 Å². The van der Waals surface area contributed by atoms with E-state index in [0.29, 0.717) is 0 Å². The van der Waals surface area contributed by atoms with Gasteiger partial charge in [0.05, 0.1) is 5.75 Å². The maximum atomic E-state index is 5.31. The first-order valence-electron chi connectivity index (χ1n) is 1.71. The Labute approximate surface area is 53.1 Å². The zero-order valence-corrected chi connectivity index (χ0v) is 5.31. The van der Waals surface area contributed by atoms with Crippen molar-refractivity contribution in [3.05, 3.63) is 11.9 Å². The highest BCUT2D eigenvalue weighted by molar-refractivity contribution is 7.97. The van der Waals surface area contributed by atoms with E-state index in [1.54, 1.807) is 11.9 Å². The van der Waals surface area contributed by atoms with Crippen LogP contribution in [0.4, 0.5) is 0 Å². The predicted molar refractivity (Wildman–Crippen MR) is 35.1 cm³/mol. The van der Waals surface area contributed by atoms with Crippen molar-refractivity contribution in [1.82, 2.24) is 4.72 Å². The van der Waals surface area contributed by atoms with Gasteiger partial charge in [0, 0.05) is 11.9 Å². The summed E-state index contributed by atoms with van der Waals surface area (Å²) in [6.07, 6.45) is 1.81. The van der Waals surface area contributed by atoms with E-state index in [-0.39, 0.29) is 12.4 Å². The van der Waals surface area contributed by atoms with Gasteiger partial charge in [0.25, 0.3) is 0 Å². The van der Waals surface area contributed by atoms with E-state index in [2.05, 4.69) is 4.72 Å². The van der Waals surface area contributed by atoms with E-state index in [4.69, 9.17) is 5.73 Å². The molecule has 0 radical (unpaired) electrons. The summed E-state index contributed by atoms with van der Waals surface area (Å²) in [5.74, 6) is 0.931. The molecule has 3 N–H and O–H groups in total. The number of hydrogen-bond acceptors (Lipinski definition) is 3. The minimum absolute atomic E-state index is 0. The third-order valence-electron chi connectivity index (χ3n) is 0.566. The second-order valence-electron chi connectivity index (χ2n) is 1.13. The van der Waals surface area contributed by atoms with E-state index in [1.165, 1.54) is 0 Å². The van der Waals surface area contributed by atoms with E-state index in [1.807, 2.05) is 6.20 Å². The van der Waals surface area contributed by atoms with Crippen LogP contribution in [0.1, 0.15) is 0 Å². The Balaban J connectivity index is 0.000000360. The van der Waals surface area contributed by atoms with Gasteiger partial charge in [-0.3, -0.25) is 0 Å². The molecule has 0 spiro atoms. The summed E-state index contributed by atoms with van der Waals surface area (Å²) in [4.78, 5) is 0. The summed E-state index contributed by atoms with van der Waals surface area (Å²) in [5.41, 5.74) is 6.24. The van der Waals surface area contributed by atoms with Crippen LogP contribution in [-0.4, -0.2) is 5.75 Å². The van der Waals surface area contributed by atoms with Crippen LogP contribution in [0.5, 0.6) is 0 Å². The highest BCUT2D eigenvalue weighted by Crippen LogP contribution is 2.04. The Bertz CT molecular complexity index is 83.0. The van der Waals surface area contributed by atoms with Crippen LogP contribution < -0.4 is 10.5 Å². The number of halogens is 1. The number of nitrogens with two attached hydrogens (primary N) is 1. The van der Waals surface area contributed by atoms with Crippen LogP contribution >= 0.6 is 24.4 Å². The Hall–Kier alpha value is -0.0200. The van der Waals surface area contributed by atoms with Crippen molar-refractivity contribution in [2.75, 3.05) is 5.75 Å². The first kappa shape index (κ1) is 6.98. The Morgan fingerprint density at radius 2 is 2.57 bits per heavy atom. The molecule has 42 valence electrons. The van der Waals surface area contributed by atoms with Gasteiger partial charge in [0.1, 0.15) is 0 Å². The Morgan fingerprint density at radius 1 is 1.86 bits per heavy atom. The Kier molecular flexibility index (Phi) is 3.04. The van der Waals surface area contributed by atoms with Crippen molar-refractivity contribution in [2.45, 2.75) is 0 Å². The quantitative estimate of drug-likeness (QED) is 0.478. The molecule has 1 aliphatic heterocycles. The van der Waals surface area contributed by atoms with Crippen molar-refractivity contribution < 1.29 is 0 Å². The molecule has 0 aromatic heterocycles. The van der Waals surface area contributed by atoms with Crippen LogP contribution in [0.3, 0.4) is 0 Å². The summed E-state index contributed by atoms with van der Waals surface area (Å²) in [5, 5.41) is 0. The zero-order chi connectivity index (χ0) is 4.41. The molecule has 0 amide bonds. The average molecular weight is 139 g/mol. The standard InChI is InChI=1S/C3H6N2S.ClH/c4-3-1-5-6-2-3;/h1,5H,2,4H2;1H. The van der Waals surface area contributed by atoms with Gasteiger partial charge in [-0.1, -0.05) is 0 Å². The molecule has 7 heavy (non-hydrogen) atoms. The molecule has 0 saturated heterocycles. The second kappa shape index (κ2) is 3.04. The van der Waals surface area contributed by atoms with Gasteiger partial charge in [-0.25, -0.2) is 0 Å². The molecule has 0 aromatic carbocycles. The van der Waals surface area contributed by atoms with Gasteiger partial charge >= 0.3 is 0 Å². The first-order valence-corrected chi connectivity index (χ1v) is 2.70. The Morgan fingerprint density at radius 3 is 2.71 bits per heavy atom. The van der Waals surface area contributed by atoms with Crippen molar-refractivity contribution in [3.8, 4) is 0 Å². The van der Waals surface area contributed by atoms with E-state index >= 15 is 0 Å². The summed E-state index contributed by atoms with van der Waals surface area (Å²) < 4.78 is 2.90. The molecule has 0 aromatic rings. The summed E-state index contributed by atoms with van der Waals surface area (Å²) in [7, 11) is 0. The molecule has 4 heteroatoms. The largest absolute Gasteiger partial charge is 0.400 e. The summed E-state index contributed by atoms with van der Waals surface area (Å²) in [6, 6.07) is 0. The lowest BCUT2D eigenvalue weighted by atomic mass is 10.6. The fourth-order valence-electron chi connectivity index (χ4n) is 0.284. The van der Waals surface area contributed by atoms with Gasteiger partial charge in [0.15, 0.2) is 0 Å². The molecule has 0 unspecified atom stereocenters. The van der Waals surface area contributed by atoms with E-state index < -0.39 is 0 Å². The van der Waals surface area contributed by atoms with Gasteiger partial charge in [-0.15, -0.1) is 12.4 Å². The lowest BCUT2D eigenvalue weighted by Crippen LogP contribution is -1.93. The molecular weight excluding hydrogens is 132 g/mol. The lowest BCUT2D eigenvalue weighted by Gasteiger charge is -1.79. The SMILES string of the molecule is Cl.NC1=CNSC1. The highest BCUT2D eigenvalue weighted by atomic mass is 35.5. The average Bonchev–Trinajstić information content (AvgIpc) is 1.86. The first-order chi connectivity index (χ1) is 2.89. The topological polar surface area (TPSA) is 38.0 Å². The normalized spacial score (nSPS) is 16.9. The van der Waals surface area contributed by atoms with E-state index in [0.717, 1.165) is 11.4 Å². The maximum absolute atomic E-state index is 5.31. The molecule has 0 saturated carbocycles. The fourth-order valence-corrected chi connectivity index (χ4v) is 0.852. The summed E-state index contributed by atoms with van der Waals surface area (Å²) in [6.45, 7) is 0. The molecule has 2 nitrogen and oxygen atoms in total. The van der Waals surface area contributed by atoms with Gasteiger partial charge in [-0.2, -0.15) is 0 Å². The molecule has 1 heterocycles. The van der Waals surface area contributed by atoms with E-state index in [9.17, 15) is 0 Å². The highest BCUT2D eigenvalue weighted by Gasteiger charge is 1.95. The van der Waals surface area contributed by atoms with Crippen molar-refractivity contribution >= 4 is 24.4 Å². The molecule has 0 aliphatic carbocycles. The smallest absolute Gasteiger partial charge is 0.0544 e. The zero-order valence-electron chi connectivity index (χ0n) is 3.68. The predicted octanol–water partition coefficient (Wildman–Crippen LogP) is 0.460. The van der Waals surface area contributed by atoms with Crippen LogP contribution in [0, 0.1) is 0 Å². The van der Waals surface area contributed by atoms with Crippen LogP contribution in [0.15, 0.2) is 11.9 Å². The van der Waals surface area contributed by atoms with Crippen molar-refractivity contribution in [2.24, 2.45) is 5.73 Å². The monoisotopic (exact) mass is 138 g/mol. The minimum atomic E-state index is 0. The van der Waals surface area contributed by atoms with Crippen molar-refractivity contribution in [1.29, 1.82) is 0 Å². The lowest BCUT2D eigenvalue weighted by molar-refractivity contribution is 1.30. The molecule has 0 bridgehead atoms. The molecule has 1 rings (SSSR count). The number of rotatable bonds is 0. The fraction of sp³-hybridized carbons (Fsp3) is 0.333. The number of hydrogen-bond donors (Lipinski definition) is 2. The molecule has 1 aliphatic rings. The van der Waals surface area contributed by atoms with Crippen LogP contribution in [0.2, 0.25) is 0 Å². The second-order valence-corrected chi connectivity index (χ2v) is 1.94. The van der Waals surface area contributed by atoms with Crippen molar-refractivity contribution in [3.63, 3.8) is 0 Å². The third kappa shape index (κ3) is 1.94. The maximum Gasteiger partial charge on any atom is 0.0544 e. The molecule has 0 fully saturated rings. The van der Waals surface area contributed by atoms with Gasteiger partial charge in [0.2, 0.25) is 0 Å². The minimum Gasteiger partial charge on any atom is -0.400 e. The van der Waals surface area contributed by atoms with Crippen LogP contribution in [-0.2, 0) is 0 Å². The van der Waals surface area contributed by atoms with Gasteiger partial charge < -0.3 is 10.5 Å². The van der Waals surface area contributed by atoms with Gasteiger partial charge in [-0.05, 0) is 11.9 Å².